The van der Waals surface area contributed by atoms with Crippen molar-refractivity contribution in [2.75, 3.05) is 19.8 Å². The molecular weight excluding hydrogens is 895 g/mol. The zero-order valence-electron chi connectivity index (χ0n) is 44.0. The fourth-order valence-corrected chi connectivity index (χ4v) is 9.46. The fraction of sp³-hybridized carbons (Fsp3) is 0.911. The van der Waals surface area contributed by atoms with Crippen LogP contribution in [-0.2, 0) is 23.7 Å². The minimum Gasteiger partial charge on any atom is -0.394 e. The number of nitrogens with one attached hydrogen (secondary N) is 1. The molecule has 0 bridgehead atoms. The number of aliphatic hydroxyl groups is 8. The molecule has 2 saturated heterocycles. The Balaban J connectivity index is 1.79. The number of hydrogen-bond donors (Lipinski definition) is 9. The first kappa shape index (κ1) is 64.6. The number of carbonyl (C=O) groups excluding carboxylic acids is 1. The summed E-state index contributed by atoms with van der Waals surface area (Å²) < 4.78 is 22.7. The van der Waals surface area contributed by atoms with Gasteiger partial charge in [-0.2, -0.15) is 0 Å². The van der Waals surface area contributed by atoms with Crippen molar-refractivity contribution in [3.8, 4) is 0 Å². The van der Waals surface area contributed by atoms with E-state index in [1.54, 1.807) is 6.08 Å². The Hall–Kier alpha value is -1.53. The number of ether oxygens (including phenoxy) is 4. The van der Waals surface area contributed by atoms with Crippen LogP contribution in [0.3, 0.4) is 0 Å². The number of hydrogen-bond acceptors (Lipinski definition) is 13. The van der Waals surface area contributed by atoms with Crippen LogP contribution in [0.1, 0.15) is 232 Å². The van der Waals surface area contributed by atoms with Gasteiger partial charge in [0.1, 0.15) is 48.8 Å². The Labute approximate surface area is 424 Å². The van der Waals surface area contributed by atoms with E-state index in [0.29, 0.717) is 6.42 Å². The van der Waals surface area contributed by atoms with Gasteiger partial charge in [-0.25, -0.2) is 0 Å². The Morgan fingerprint density at radius 2 is 0.900 bits per heavy atom. The first-order valence-corrected chi connectivity index (χ1v) is 28.6. The smallest absolute Gasteiger partial charge is 0.220 e. The van der Waals surface area contributed by atoms with E-state index in [2.05, 4.69) is 31.3 Å². The lowest BCUT2D eigenvalue weighted by Gasteiger charge is -2.46. The molecule has 0 aromatic rings. The van der Waals surface area contributed by atoms with E-state index in [4.69, 9.17) is 18.9 Å². The monoisotopic (exact) mass is 1000 g/mol. The van der Waals surface area contributed by atoms with Crippen LogP contribution in [0.4, 0.5) is 0 Å². The normalized spacial score (nSPS) is 26.1. The molecule has 12 atom stereocenters. The average molecular weight is 1000 g/mol. The van der Waals surface area contributed by atoms with Crippen LogP contribution in [0.5, 0.6) is 0 Å². The molecule has 412 valence electrons. The van der Waals surface area contributed by atoms with Crippen molar-refractivity contribution in [1.29, 1.82) is 0 Å². The number of allylic oxidation sites excluding steroid dienone is 3. The summed E-state index contributed by atoms with van der Waals surface area (Å²) in [6, 6.07) is -0.916. The number of aliphatic hydroxyl groups excluding tert-OH is 8. The lowest BCUT2D eigenvalue weighted by molar-refractivity contribution is -0.359. The predicted molar refractivity (Wildman–Crippen MR) is 277 cm³/mol. The molecule has 1 amide bonds. The van der Waals surface area contributed by atoms with Crippen molar-refractivity contribution in [3.05, 3.63) is 24.3 Å². The van der Waals surface area contributed by atoms with Crippen LogP contribution in [0.15, 0.2) is 24.3 Å². The van der Waals surface area contributed by atoms with Crippen molar-refractivity contribution in [1.82, 2.24) is 5.32 Å². The Morgan fingerprint density at radius 1 is 0.500 bits per heavy atom. The second-order valence-corrected chi connectivity index (χ2v) is 20.4. The van der Waals surface area contributed by atoms with Crippen molar-refractivity contribution in [2.24, 2.45) is 0 Å². The van der Waals surface area contributed by atoms with E-state index >= 15 is 0 Å². The maximum atomic E-state index is 13.2. The average Bonchev–Trinajstić information content (AvgIpc) is 3.36. The third-order valence-electron chi connectivity index (χ3n) is 14.1. The van der Waals surface area contributed by atoms with E-state index in [1.807, 2.05) is 6.08 Å². The van der Waals surface area contributed by atoms with Gasteiger partial charge in [0.2, 0.25) is 5.91 Å². The second-order valence-electron chi connectivity index (χ2n) is 20.4. The highest BCUT2D eigenvalue weighted by molar-refractivity contribution is 5.76. The molecule has 0 aliphatic carbocycles. The van der Waals surface area contributed by atoms with E-state index in [0.717, 1.165) is 57.8 Å². The standard InChI is InChI=1S/C56H105NO13/c1-3-5-7-9-11-13-15-17-19-20-21-22-23-24-26-27-29-31-33-35-37-39-45(60)44(57-48(61)40-38-36-34-32-30-28-25-18-16-14-12-10-8-6-4-2)43-67-55-53(66)51(64)54(47(42-59)69-55)70-56-52(65)50(63)49(62)46(41-58)68-56/h18,25,37,39,44-47,49-56,58-60,62-66H,3-17,19-24,26-36,38,40-43H2,1-2H3,(H,57,61)/b25-18-,39-37+. The molecule has 14 nitrogen and oxygen atoms in total. The minimum absolute atomic E-state index is 0.246. The molecule has 2 aliphatic heterocycles. The fourth-order valence-electron chi connectivity index (χ4n) is 9.46. The molecular formula is C56H105NO13. The highest BCUT2D eigenvalue weighted by Gasteiger charge is 2.51. The Bertz CT molecular complexity index is 1270. The Kier molecular flexibility index (Phi) is 39.5. The van der Waals surface area contributed by atoms with Gasteiger partial charge in [-0.3, -0.25) is 4.79 Å². The van der Waals surface area contributed by atoms with Gasteiger partial charge < -0.3 is 65.1 Å². The molecule has 9 N–H and O–H groups in total. The van der Waals surface area contributed by atoms with Crippen molar-refractivity contribution in [3.63, 3.8) is 0 Å². The van der Waals surface area contributed by atoms with Crippen LogP contribution in [0, 0.1) is 0 Å². The van der Waals surface area contributed by atoms with Gasteiger partial charge in [-0.1, -0.05) is 205 Å². The summed E-state index contributed by atoms with van der Waals surface area (Å²) in [6.45, 7) is 2.80. The summed E-state index contributed by atoms with van der Waals surface area (Å²) in [4.78, 5) is 13.2. The first-order chi connectivity index (χ1) is 34.1. The molecule has 0 aromatic heterocycles. The third kappa shape index (κ3) is 28.8. The molecule has 0 spiro atoms. The molecule has 12 unspecified atom stereocenters. The SMILES string of the molecule is CCCCCCCC/C=C\CCCCCCCC(=O)NC(COC1OC(CO)C(OC2OC(CO)C(O)C(O)C2O)C(O)C1O)C(O)/C=C/CCCCCCCCCCCCCCCCCCCCC. The molecule has 0 radical (unpaired) electrons. The van der Waals surface area contributed by atoms with E-state index in [-0.39, 0.29) is 18.9 Å². The maximum Gasteiger partial charge on any atom is 0.220 e. The minimum atomic E-state index is -1.79. The number of unbranched alkanes of at least 4 members (excludes halogenated alkanes) is 30. The van der Waals surface area contributed by atoms with E-state index in [1.165, 1.54) is 148 Å². The van der Waals surface area contributed by atoms with Crippen LogP contribution >= 0.6 is 0 Å². The lowest BCUT2D eigenvalue weighted by atomic mass is 9.97. The first-order valence-electron chi connectivity index (χ1n) is 28.6. The molecule has 70 heavy (non-hydrogen) atoms. The topological polar surface area (TPSA) is 228 Å². The molecule has 2 fully saturated rings. The molecule has 14 heteroatoms. The largest absolute Gasteiger partial charge is 0.394 e. The highest BCUT2D eigenvalue weighted by Crippen LogP contribution is 2.30. The van der Waals surface area contributed by atoms with E-state index in [9.17, 15) is 45.6 Å². The van der Waals surface area contributed by atoms with Crippen molar-refractivity contribution in [2.45, 2.75) is 306 Å². The van der Waals surface area contributed by atoms with Crippen LogP contribution < -0.4 is 5.32 Å². The second kappa shape index (κ2) is 42.8. The van der Waals surface area contributed by atoms with Crippen LogP contribution in [0.2, 0.25) is 0 Å². The summed E-state index contributed by atoms with van der Waals surface area (Å²) in [7, 11) is 0. The van der Waals surface area contributed by atoms with Gasteiger partial charge in [-0.05, 0) is 44.9 Å². The molecule has 0 saturated carbocycles. The quantitative estimate of drug-likeness (QED) is 0.0205. The Morgan fingerprint density at radius 3 is 1.36 bits per heavy atom. The summed E-state index contributed by atoms with van der Waals surface area (Å²) in [5, 5.41) is 87.0. The molecule has 2 heterocycles. The predicted octanol–water partition coefficient (Wildman–Crippen LogP) is 8.89. The number of amides is 1. The summed E-state index contributed by atoms with van der Waals surface area (Å²) >= 11 is 0. The zero-order chi connectivity index (χ0) is 51.0. The number of carbonyl (C=O) groups is 1. The van der Waals surface area contributed by atoms with Gasteiger partial charge in [0.05, 0.1) is 32.0 Å². The highest BCUT2D eigenvalue weighted by atomic mass is 16.7. The van der Waals surface area contributed by atoms with Gasteiger partial charge in [-0.15, -0.1) is 0 Å². The maximum absolute atomic E-state index is 13.2. The molecule has 2 aliphatic rings. The van der Waals surface area contributed by atoms with Gasteiger partial charge in [0.25, 0.3) is 0 Å². The van der Waals surface area contributed by atoms with Crippen molar-refractivity contribution >= 4 is 5.91 Å². The van der Waals surface area contributed by atoms with Crippen LogP contribution in [-0.4, -0.2) is 140 Å². The lowest BCUT2D eigenvalue weighted by Crippen LogP contribution is -2.65. The van der Waals surface area contributed by atoms with Crippen molar-refractivity contribution < 1.29 is 64.6 Å². The van der Waals surface area contributed by atoms with Gasteiger partial charge in [0.15, 0.2) is 12.6 Å². The molecule has 2 rings (SSSR count). The summed E-state index contributed by atoms with van der Waals surface area (Å²) in [6.07, 6.45) is 32.1. The van der Waals surface area contributed by atoms with Gasteiger partial charge in [0, 0.05) is 6.42 Å². The summed E-state index contributed by atoms with van der Waals surface area (Å²) in [5.41, 5.74) is 0. The third-order valence-corrected chi connectivity index (χ3v) is 14.1. The zero-order valence-corrected chi connectivity index (χ0v) is 44.0. The van der Waals surface area contributed by atoms with Gasteiger partial charge >= 0.3 is 0 Å². The number of rotatable bonds is 45. The molecule has 0 aromatic carbocycles. The summed E-state index contributed by atoms with van der Waals surface area (Å²) in [5.74, 6) is -0.246. The van der Waals surface area contributed by atoms with E-state index < -0.39 is 86.8 Å². The van der Waals surface area contributed by atoms with Crippen LogP contribution in [0.25, 0.3) is 0 Å².